The van der Waals surface area contributed by atoms with Crippen molar-refractivity contribution in [1.82, 2.24) is 9.88 Å². The van der Waals surface area contributed by atoms with E-state index < -0.39 is 5.97 Å². The summed E-state index contributed by atoms with van der Waals surface area (Å²) in [5.41, 5.74) is 1.15. The molecule has 0 N–H and O–H groups in total. The maximum atomic E-state index is 12.1. The van der Waals surface area contributed by atoms with Crippen LogP contribution in [-0.2, 0) is 16.1 Å². The number of halogens is 1. The molecule has 0 saturated heterocycles. The Morgan fingerprint density at radius 2 is 1.96 bits per heavy atom. The minimum Gasteiger partial charge on any atom is -0.452 e. The normalized spacial score (nSPS) is 10.3. The van der Waals surface area contributed by atoms with E-state index >= 15 is 0 Å². The number of carbonyl (C=O) groups excluding carboxylic acids is 2. The minimum atomic E-state index is -0.667. The highest BCUT2D eigenvalue weighted by molar-refractivity contribution is 7.98. The van der Waals surface area contributed by atoms with Crippen LogP contribution in [0.4, 0.5) is 0 Å². The maximum Gasteiger partial charge on any atom is 0.341 e. The molecule has 0 spiro atoms. The number of pyridine rings is 1. The molecule has 1 amide bonds. The van der Waals surface area contributed by atoms with Crippen molar-refractivity contribution in [3.8, 4) is 0 Å². The quantitative estimate of drug-likeness (QED) is 0.447. The lowest BCUT2D eigenvalue weighted by molar-refractivity contribution is -0.133. The van der Waals surface area contributed by atoms with Gasteiger partial charge in [0.1, 0.15) is 5.15 Å². The summed E-state index contributed by atoms with van der Waals surface area (Å²) >= 11 is 7.48. The van der Waals surface area contributed by atoms with Gasteiger partial charge in [-0.05, 0) is 36.1 Å². The van der Waals surface area contributed by atoms with E-state index in [4.69, 9.17) is 16.3 Å². The molecule has 0 saturated carbocycles. The van der Waals surface area contributed by atoms with E-state index in [2.05, 4.69) is 4.98 Å². The Labute approximate surface area is 150 Å². The van der Waals surface area contributed by atoms with Crippen molar-refractivity contribution in [2.24, 2.45) is 0 Å². The van der Waals surface area contributed by atoms with Gasteiger partial charge in [-0.25, -0.2) is 9.78 Å². The molecule has 2 aromatic rings. The second-order valence-electron chi connectivity index (χ2n) is 5.02. The van der Waals surface area contributed by atoms with E-state index in [0.29, 0.717) is 6.54 Å². The van der Waals surface area contributed by atoms with Gasteiger partial charge in [-0.1, -0.05) is 23.7 Å². The Hall–Kier alpha value is -2.05. The molecule has 0 aliphatic rings. The van der Waals surface area contributed by atoms with Crippen molar-refractivity contribution in [3.63, 3.8) is 0 Å². The predicted molar refractivity (Wildman–Crippen MR) is 94.2 cm³/mol. The summed E-state index contributed by atoms with van der Waals surface area (Å²) in [6, 6.07) is 11.0. The standard InChI is InChI=1S/C17H17ClN2O3S/c1-20(10-12-5-7-13(24-2)8-6-12)15(21)11-23-17(22)14-4-3-9-19-16(14)18/h3-9H,10-11H2,1-2H3. The molecule has 0 aliphatic heterocycles. The van der Waals surface area contributed by atoms with Gasteiger partial charge in [-0.15, -0.1) is 11.8 Å². The molecule has 2 rings (SSSR count). The van der Waals surface area contributed by atoms with Gasteiger partial charge in [0.15, 0.2) is 6.61 Å². The number of nitrogens with zero attached hydrogens (tertiary/aromatic N) is 2. The largest absolute Gasteiger partial charge is 0.452 e. The van der Waals surface area contributed by atoms with Crippen LogP contribution in [-0.4, -0.2) is 41.7 Å². The van der Waals surface area contributed by atoms with Crippen LogP contribution in [0.2, 0.25) is 5.15 Å². The average Bonchev–Trinajstić information content (AvgIpc) is 2.60. The van der Waals surface area contributed by atoms with E-state index in [1.54, 1.807) is 24.9 Å². The number of rotatable bonds is 6. The van der Waals surface area contributed by atoms with Gasteiger partial charge in [0, 0.05) is 24.7 Å². The Kier molecular flexibility index (Phi) is 6.63. The lowest BCUT2D eigenvalue weighted by Crippen LogP contribution is -2.30. The van der Waals surface area contributed by atoms with Crippen LogP contribution in [0.3, 0.4) is 0 Å². The third kappa shape index (κ3) is 4.97. The Bertz CT molecular complexity index is 722. The first kappa shape index (κ1) is 18.3. The highest BCUT2D eigenvalue weighted by Crippen LogP contribution is 2.16. The zero-order valence-electron chi connectivity index (χ0n) is 13.4. The molecular formula is C17H17ClN2O3S. The third-order valence-electron chi connectivity index (χ3n) is 3.31. The highest BCUT2D eigenvalue weighted by Gasteiger charge is 2.16. The predicted octanol–water partition coefficient (Wildman–Crippen LogP) is 3.27. The summed E-state index contributed by atoms with van der Waals surface area (Å²) in [5, 5.41) is 0.0530. The lowest BCUT2D eigenvalue weighted by atomic mass is 10.2. The number of amides is 1. The molecule has 1 aromatic carbocycles. The van der Waals surface area contributed by atoms with Gasteiger partial charge in [0.2, 0.25) is 0 Å². The van der Waals surface area contributed by atoms with Gasteiger partial charge in [-0.3, -0.25) is 4.79 Å². The number of thioether (sulfide) groups is 1. The first-order chi connectivity index (χ1) is 11.5. The second kappa shape index (κ2) is 8.70. The summed E-state index contributed by atoms with van der Waals surface area (Å²) in [7, 11) is 1.66. The van der Waals surface area contributed by atoms with E-state index in [1.165, 1.54) is 17.2 Å². The van der Waals surface area contributed by atoms with E-state index in [1.807, 2.05) is 30.5 Å². The monoisotopic (exact) mass is 364 g/mol. The van der Waals surface area contributed by atoms with E-state index in [-0.39, 0.29) is 23.2 Å². The van der Waals surface area contributed by atoms with Gasteiger partial charge >= 0.3 is 5.97 Å². The summed E-state index contributed by atoms with van der Waals surface area (Å²) in [6.45, 7) is 0.0994. The Morgan fingerprint density at radius 1 is 1.25 bits per heavy atom. The second-order valence-corrected chi connectivity index (χ2v) is 6.25. The van der Waals surface area contributed by atoms with Crippen LogP contribution in [0.25, 0.3) is 0 Å². The number of carbonyl (C=O) groups is 2. The summed E-state index contributed by atoms with van der Waals surface area (Å²) < 4.78 is 5.01. The van der Waals surface area contributed by atoms with Crippen LogP contribution in [0, 0.1) is 0 Å². The number of hydrogen-bond donors (Lipinski definition) is 0. The zero-order chi connectivity index (χ0) is 17.5. The van der Waals surface area contributed by atoms with Gasteiger partial charge in [-0.2, -0.15) is 0 Å². The number of benzene rings is 1. The Balaban J connectivity index is 1.87. The fraction of sp³-hybridized carbons (Fsp3) is 0.235. The number of hydrogen-bond acceptors (Lipinski definition) is 5. The van der Waals surface area contributed by atoms with E-state index in [9.17, 15) is 9.59 Å². The van der Waals surface area contributed by atoms with Crippen molar-refractivity contribution >= 4 is 35.2 Å². The summed E-state index contributed by atoms with van der Waals surface area (Å²) in [5.74, 6) is -0.962. The first-order valence-corrected chi connectivity index (χ1v) is 8.76. The number of aromatic nitrogens is 1. The number of ether oxygens (including phenoxy) is 1. The molecule has 0 radical (unpaired) electrons. The van der Waals surface area contributed by atoms with Gasteiger partial charge < -0.3 is 9.64 Å². The first-order valence-electron chi connectivity index (χ1n) is 7.16. The lowest BCUT2D eigenvalue weighted by Gasteiger charge is -2.17. The third-order valence-corrected chi connectivity index (χ3v) is 4.36. The molecule has 7 heteroatoms. The van der Waals surface area contributed by atoms with Crippen molar-refractivity contribution in [3.05, 3.63) is 58.9 Å². The van der Waals surface area contributed by atoms with Crippen LogP contribution in [0.5, 0.6) is 0 Å². The average molecular weight is 365 g/mol. The zero-order valence-corrected chi connectivity index (χ0v) is 14.9. The number of likely N-dealkylation sites (N-methyl/N-ethyl adjacent to an activating group) is 1. The fourth-order valence-corrected chi connectivity index (χ4v) is 2.55. The Morgan fingerprint density at radius 3 is 2.58 bits per heavy atom. The van der Waals surface area contributed by atoms with Crippen molar-refractivity contribution < 1.29 is 14.3 Å². The maximum absolute atomic E-state index is 12.1. The van der Waals surface area contributed by atoms with Crippen LogP contribution >= 0.6 is 23.4 Å². The summed E-state index contributed by atoms with van der Waals surface area (Å²) in [4.78, 5) is 30.5. The van der Waals surface area contributed by atoms with Crippen LogP contribution in [0.1, 0.15) is 15.9 Å². The molecular weight excluding hydrogens is 348 g/mol. The molecule has 0 aliphatic carbocycles. The fourth-order valence-electron chi connectivity index (χ4n) is 1.95. The SMILES string of the molecule is CSc1ccc(CN(C)C(=O)COC(=O)c2cccnc2Cl)cc1. The van der Waals surface area contributed by atoms with Crippen molar-refractivity contribution in [1.29, 1.82) is 0 Å². The molecule has 0 fully saturated rings. The van der Waals surface area contributed by atoms with Crippen LogP contribution in [0.15, 0.2) is 47.5 Å². The highest BCUT2D eigenvalue weighted by atomic mass is 35.5. The molecule has 0 atom stereocenters. The van der Waals surface area contributed by atoms with Crippen molar-refractivity contribution in [2.45, 2.75) is 11.4 Å². The minimum absolute atomic E-state index is 0.0530. The van der Waals surface area contributed by atoms with Gasteiger partial charge in [0.25, 0.3) is 5.91 Å². The molecule has 1 aromatic heterocycles. The molecule has 126 valence electrons. The van der Waals surface area contributed by atoms with Crippen LogP contribution < -0.4 is 0 Å². The molecule has 1 heterocycles. The van der Waals surface area contributed by atoms with Crippen molar-refractivity contribution in [2.75, 3.05) is 19.9 Å². The molecule has 0 bridgehead atoms. The summed E-state index contributed by atoms with van der Waals surface area (Å²) in [6.07, 6.45) is 3.48. The molecule has 0 unspecified atom stereocenters. The molecule has 5 nitrogen and oxygen atoms in total. The molecule has 24 heavy (non-hydrogen) atoms. The smallest absolute Gasteiger partial charge is 0.341 e. The van der Waals surface area contributed by atoms with E-state index in [0.717, 1.165) is 10.5 Å². The van der Waals surface area contributed by atoms with Gasteiger partial charge in [0.05, 0.1) is 5.56 Å². The number of esters is 1. The topological polar surface area (TPSA) is 59.5 Å².